The Morgan fingerprint density at radius 1 is 1.37 bits per heavy atom. The van der Waals surface area contributed by atoms with Crippen LogP contribution in [0.15, 0.2) is 28.8 Å². The van der Waals surface area contributed by atoms with Crippen LogP contribution in [0.25, 0.3) is 0 Å². The quantitative estimate of drug-likeness (QED) is 0.721. The number of carboxylic acid groups (broad SMARTS) is 1. The summed E-state index contributed by atoms with van der Waals surface area (Å²) in [5.74, 6) is -1.25. The number of aromatic carboxylic acids is 1. The number of hydrogen-bond donors (Lipinski definition) is 3. The number of aryl methyl sites for hydroxylation is 1. The normalized spacial score (nSPS) is 10.2. The molecule has 0 aliphatic rings. The van der Waals surface area contributed by atoms with Gasteiger partial charge in [-0.25, -0.2) is 4.79 Å². The van der Waals surface area contributed by atoms with E-state index in [0.717, 1.165) is 0 Å². The molecule has 0 bridgehead atoms. The molecule has 7 nitrogen and oxygen atoms in total. The Balaban J connectivity index is 2.28. The minimum Gasteiger partial charge on any atom is -0.478 e. The fourth-order valence-electron chi connectivity index (χ4n) is 1.51. The lowest BCUT2D eigenvalue weighted by atomic mass is 10.1. The second kappa shape index (κ2) is 4.81. The molecule has 1 heterocycles. The number of hydrogen-bond acceptors (Lipinski definition) is 5. The molecule has 1 aromatic carbocycles. The van der Waals surface area contributed by atoms with Crippen LogP contribution in [-0.4, -0.2) is 22.1 Å². The van der Waals surface area contributed by atoms with Gasteiger partial charge in [0.1, 0.15) is 5.76 Å². The summed E-state index contributed by atoms with van der Waals surface area (Å²) in [5.41, 5.74) is 5.94. The molecular weight excluding hydrogens is 250 g/mol. The second-order valence-electron chi connectivity index (χ2n) is 3.89. The SMILES string of the molecule is Cc1cc(C(=O)Nc2ccc(N)cc2C(=O)O)no1. The molecule has 0 unspecified atom stereocenters. The molecule has 0 radical (unpaired) electrons. The molecule has 19 heavy (non-hydrogen) atoms. The molecule has 0 aliphatic carbocycles. The van der Waals surface area contributed by atoms with E-state index in [-0.39, 0.29) is 16.9 Å². The van der Waals surface area contributed by atoms with Crippen molar-refractivity contribution in [3.8, 4) is 0 Å². The number of nitrogens with two attached hydrogens (primary N) is 1. The first-order chi connectivity index (χ1) is 8.97. The average Bonchev–Trinajstić information content (AvgIpc) is 2.78. The van der Waals surface area contributed by atoms with Gasteiger partial charge < -0.3 is 20.7 Å². The Hall–Kier alpha value is -2.83. The third-order valence-corrected chi connectivity index (χ3v) is 2.38. The van der Waals surface area contributed by atoms with Gasteiger partial charge in [0, 0.05) is 11.8 Å². The van der Waals surface area contributed by atoms with E-state index < -0.39 is 11.9 Å². The maximum Gasteiger partial charge on any atom is 0.337 e. The molecule has 0 spiro atoms. The molecule has 0 fully saturated rings. The molecule has 0 saturated carbocycles. The monoisotopic (exact) mass is 261 g/mol. The van der Waals surface area contributed by atoms with Crippen LogP contribution in [0.4, 0.5) is 11.4 Å². The number of rotatable bonds is 3. The molecule has 1 aromatic heterocycles. The van der Waals surface area contributed by atoms with Crippen LogP contribution >= 0.6 is 0 Å². The highest BCUT2D eigenvalue weighted by Gasteiger charge is 2.16. The predicted molar refractivity (Wildman–Crippen MR) is 67.0 cm³/mol. The summed E-state index contributed by atoms with van der Waals surface area (Å²) in [6, 6.07) is 5.64. The van der Waals surface area contributed by atoms with E-state index in [0.29, 0.717) is 11.4 Å². The van der Waals surface area contributed by atoms with E-state index in [2.05, 4.69) is 10.5 Å². The molecule has 0 aliphatic heterocycles. The fourth-order valence-corrected chi connectivity index (χ4v) is 1.51. The Labute approximate surface area is 108 Å². The number of carbonyl (C=O) groups is 2. The van der Waals surface area contributed by atoms with E-state index in [1.807, 2.05) is 0 Å². The van der Waals surface area contributed by atoms with Gasteiger partial charge in [0.05, 0.1) is 11.3 Å². The first-order valence-electron chi connectivity index (χ1n) is 5.35. The number of aromatic nitrogens is 1. The van der Waals surface area contributed by atoms with Crippen LogP contribution in [0.5, 0.6) is 0 Å². The van der Waals surface area contributed by atoms with Crippen molar-refractivity contribution in [1.82, 2.24) is 5.16 Å². The summed E-state index contributed by atoms with van der Waals surface area (Å²) in [6.07, 6.45) is 0. The van der Waals surface area contributed by atoms with E-state index in [4.69, 9.17) is 15.4 Å². The molecule has 2 rings (SSSR count). The largest absolute Gasteiger partial charge is 0.478 e. The minimum atomic E-state index is -1.18. The van der Waals surface area contributed by atoms with E-state index in [1.54, 1.807) is 6.92 Å². The van der Waals surface area contributed by atoms with E-state index in [1.165, 1.54) is 24.3 Å². The Kier molecular flexibility index (Phi) is 3.19. The number of nitrogen functional groups attached to an aromatic ring is 1. The van der Waals surface area contributed by atoms with Gasteiger partial charge in [0.2, 0.25) is 0 Å². The minimum absolute atomic E-state index is 0.0747. The van der Waals surface area contributed by atoms with Crippen LogP contribution in [0.2, 0.25) is 0 Å². The smallest absolute Gasteiger partial charge is 0.337 e. The highest BCUT2D eigenvalue weighted by Crippen LogP contribution is 2.19. The summed E-state index contributed by atoms with van der Waals surface area (Å²) in [5, 5.41) is 15.0. The summed E-state index contributed by atoms with van der Waals surface area (Å²) in [7, 11) is 0. The number of benzene rings is 1. The molecule has 0 saturated heterocycles. The van der Waals surface area contributed by atoms with Crippen LogP contribution in [-0.2, 0) is 0 Å². The summed E-state index contributed by atoms with van der Waals surface area (Å²) >= 11 is 0. The van der Waals surface area contributed by atoms with Gasteiger partial charge in [-0.1, -0.05) is 5.16 Å². The number of carbonyl (C=O) groups excluding carboxylic acids is 1. The Morgan fingerprint density at radius 2 is 2.11 bits per heavy atom. The van der Waals surface area contributed by atoms with Crippen LogP contribution in [0, 0.1) is 6.92 Å². The van der Waals surface area contributed by atoms with Crippen molar-refractivity contribution in [3.63, 3.8) is 0 Å². The Bertz CT molecular complexity index is 648. The van der Waals surface area contributed by atoms with Crippen molar-refractivity contribution in [2.75, 3.05) is 11.1 Å². The molecule has 4 N–H and O–H groups in total. The van der Waals surface area contributed by atoms with Crippen molar-refractivity contribution < 1.29 is 19.2 Å². The first-order valence-corrected chi connectivity index (χ1v) is 5.35. The number of nitrogens with zero attached hydrogens (tertiary/aromatic N) is 1. The zero-order chi connectivity index (χ0) is 14.0. The van der Waals surface area contributed by atoms with Crippen molar-refractivity contribution >= 4 is 23.3 Å². The lowest BCUT2D eigenvalue weighted by Gasteiger charge is -2.07. The van der Waals surface area contributed by atoms with Crippen molar-refractivity contribution in [3.05, 3.63) is 41.3 Å². The second-order valence-corrected chi connectivity index (χ2v) is 3.89. The number of nitrogens with one attached hydrogen (secondary N) is 1. The predicted octanol–water partition coefficient (Wildman–Crippen LogP) is 1.52. The maximum absolute atomic E-state index is 11.8. The lowest BCUT2D eigenvalue weighted by Crippen LogP contribution is -2.15. The third kappa shape index (κ3) is 2.71. The molecular formula is C12H11N3O4. The van der Waals surface area contributed by atoms with Gasteiger partial charge in [-0.3, -0.25) is 4.79 Å². The molecule has 7 heteroatoms. The summed E-state index contributed by atoms with van der Waals surface area (Å²) in [6.45, 7) is 1.65. The van der Waals surface area contributed by atoms with Gasteiger partial charge in [0.25, 0.3) is 5.91 Å². The summed E-state index contributed by atoms with van der Waals surface area (Å²) in [4.78, 5) is 22.9. The number of carboxylic acids is 1. The van der Waals surface area contributed by atoms with E-state index in [9.17, 15) is 9.59 Å². The van der Waals surface area contributed by atoms with Crippen LogP contribution in [0.3, 0.4) is 0 Å². The van der Waals surface area contributed by atoms with E-state index >= 15 is 0 Å². The van der Waals surface area contributed by atoms with Crippen LogP contribution in [0.1, 0.15) is 26.6 Å². The van der Waals surface area contributed by atoms with Gasteiger partial charge in [-0.15, -0.1) is 0 Å². The van der Waals surface area contributed by atoms with Gasteiger partial charge in [0.15, 0.2) is 5.69 Å². The summed E-state index contributed by atoms with van der Waals surface area (Å²) < 4.78 is 4.77. The molecule has 98 valence electrons. The topological polar surface area (TPSA) is 118 Å². The molecule has 1 amide bonds. The van der Waals surface area contributed by atoms with Crippen molar-refractivity contribution in [2.24, 2.45) is 0 Å². The first kappa shape index (κ1) is 12.6. The van der Waals surface area contributed by atoms with Crippen molar-refractivity contribution in [2.45, 2.75) is 6.92 Å². The molecule has 2 aromatic rings. The third-order valence-electron chi connectivity index (χ3n) is 2.38. The highest BCUT2D eigenvalue weighted by molar-refractivity contribution is 6.07. The highest BCUT2D eigenvalue weighted by atomic mass is 16.5. The Morgan fingerprint density at radius 3 is 2.68 bits per heavy atom. The number of amides is 1. The standard InChI is InChI=1S/C12H11N3O4/c1-6-4-10(15-19-6)11(16)14-9-3-2-7(13)5-8(9)12(17)18/h2-5H,13H2,1H3,(H,14,16)(H,17,18). The van der Waals surface area contributed by atoms with Gasteiger partial charge in [-0.05, 0) is 25.1 Å². The van der Waals surface area contributed by atoms with Gasteiger partial charge >= 0.3 is 5.97 Å². The zero-order valence-corrected chi connectivity index (χ0v) is 10.0. The lowest BCUT2D eigenvalue weighted by molar-refractivity contribution is 0.0698. The average molecular weight is 261 g/mol. The van der Waals surface area contributed by atoms with Crippen molar-refractivity contribution in [1.29, 1.82) is 0 Å². The zero-order valence-electron chi connectivity index (χ0n) is 10.0. The molecule has 0 atom stereocenters. The van der Waals surface area contributed by atoms with Gasteiger partial charge in [-0.2, -0.15) is 0 Å². The number of anilines is 2. The fraction of sp³-hybridized carbons (Fsp3) is 0.0833. The van der Waals surface area contributed by atoms with Crippen LogP contribution < -0.4 is 11.1 Å². The maximum atomic E-state index is 11.8.